The molecule has 0 bridgehead atoms. The smallest absolute Gasteiger partial charge is 0.243 e. The summed E-state index contributed by atoms with van der Waals surface area (Å²) >= 11 is 0. The summed E-state index contributed by atoms with van der Waals surface area (Å²) in [6, 6.07) is 14.8. The Labute approximate surface area is 186 Å². The maximum absolute atomic E-state index is 13.4. The Kier molecular flexibility index (Phi) is 5.43. The predicted octanol–water partition coefficient (Wildman–Crippen LogP) is 5.77. The first-order chi connectivity index (χ1) is 14.9. The fraction of sp³-hybridized carbons (Fsp3) is 0.462. The van der Waals surface area contributed by atoms with E-state index in [0.29, 0.717) is 10.8 Å². The van der Waals surface area contributed by atoms with Crippen molar-refractivity contribution in [3.8, 4) is 0 Å². The van der Waals surface area contributed by atoms with Gasteiger partial charge in [-0.2, -0.15) is 4.31 Å². The molecule has 1 aliphatic heterocycles. The molecule has 2 aromatic rings. The summed E-state index contributed by atoms with van der Waals surface area (Å²) in [5.41, 5.74) is 4.73. The van der Waals surface area contributed by atoms with Crippen LogP contribution in [0.25, 0.3) is 0 Å². The first kappa shape index (κ1) is 20.8. The van der Waals surface area contributed by atoms with Gasteiger partial charge in [0.1, 0.15) is 0 Å². The topological polar surface area (TPSA) is 49.4 Å². The van der Waals surface area contributed by atoms with E-state index in [1.807, 2.05) is 12.1 Å². The van der Waals surface area contributed by atoms with Crippen molar-refractivity contribution in [2.45, 2.75) is 68.3 Å². The third kappa shape index (κ3) is 3.72. The average Bonchev–Trinajstić information content (AvgIpc) is 3.28. The van der Waals surface area contributed by atoms with E-state index < -0.39 is 10.0 Å². The number of sulfonamides is 1. The van der Waals surface area contributed by atoms with Gasteiger partial charge in [-0.3, -0.25) is 0 Å². The number of fused-ring (bicyclic) bond motifs is 3. The molecule has 3 aliphatic rings. The number of anilines is 1. The Morgan fingerprint density at radius 1 is 1.03 bits per heavy atom. The molecule has 3 unspecified atom stereocenters. The van der Waals surface area contributed by atoms with Crippen LogP contribution in [0, 0.1) is 12.8 Å². The maximum Gasteiger partial charge on any atom is 0.243 e. The fourth-order valence-electron chi connectivity index (χ4n) is 5.73. The Bertz CT molecular complexity index is 1100. The number of benzene rings is 2. The van der Waals surface area contributed by atoms with Gasteiger partial charge in [-0.15, -0.1) is 0 Å². The zero-order valence-corrected chi connectivity index (χ0v) is 19.2. The summed E-state index contributed by atoms with van der Waals surface area (Å²) < 4.78 is 28.5. The van der Waals surface area contributed by atoms with E-state index in [1.54, 1.807) is 17.4 Å². The van der Waals surface area contributed by atoms with Crippen molar-refractivity contribution in [2.24, 2.45) is 5.92 Å². The molecule has 0 amide bonds. The van der Waals surface area contributed by atoms with Crippen molar-refractivity contribution in [2.75, 3.05) is 12.4 Å². The lowest BCUT2D eigenvalue weighted by molar-refractivity contribution is 0.286. The highest BCUT2D eigenvalue weighted by Crippen LogP contribution is 2.50. The lowest BCUT2D eigenvalue weighted by atomic mass is 9.77. The van der Waals surface area contributed by atoms with Crippen LogP contribution in [-0.4, -0.2) is 25.8 Å². The lowest BCUT2D eigenvalue weighted by Crippen LogP contribution is -2.38. The minimum Gasteiger partial charge on any atom is -0.378 e. The Hall–Kier alpha value is -2.11. The summed E-state index contributed by atoms with van der Waals surface area (Å²) in [5.74, 6) is 0.653. The molecule has 1 N–H and O–H groups in total. The van der Waals surface area contributed by atoms with Crippen molar-refractivity contribution in [1.82, 2.24) is 4.31 Å². The molecule has 1 heterocycles. The van der Waals surface area contributed by atoms with E-state index in [1.165, 1.54) is 17.5 Å². The van der Waals surface area contributed by atoms with E-state index in [2.05, 4.69) is 48.7 Å². The minimum absolute atomic E-state index is 0.123. The predicted molar refractivity (Wildman–Crippen MR) is 126 cm³/mol. The first-order valence-corrected chi connectivity index (χ1v) is 13.0. The number of allylic oxidation sites excluding steroid dienone is 2. The van der Waals surface area contributed by atoms with Crippen molar-refractivity contribution in [3.63, 3.8) is 0 Å². The van der Waals surface area contributed by atoms with Gasteiger partial charge in [0.15, 0.2) is 0 Å². The lowest BCUT2D eigenvalue weighted by Gasteiger charge is -2.38. The molecule has 2 aromatic carbocycles. The monoisotopic (exact) mass is 436 g/mol. The van der Waals surface area contributed by atoms with E-state index in [0.717, 1.165) is 43.4 Å². The molecule has 0 aromatic heterocycles. The van der Waals surface area contributed by atoms with Crippen molar-refractivity contribution < 1.29 is 8.42 Å². The van der Waals surface area contributed by atoms with Crippen LogP contribution in [0.1, 0.15) is 67.2 Å². The Morgan fingerprint density at radius 3 is 2.61 bits per heavy atom. The molecule has 5 rings (SSSR count). The van der Waals surface area contributed by atoms with E-state index in [-0.39, 0.29) is 18.0 Å². The van der Waals surface area contributed by atoms with Gasteiger partial charge in [0.2, 0.25) is 10.0 Å². The molecule has 31 heavy (non-hydrogen) atoms. The van der Waals surface area contributed by atoms with Gasteiger partial charge in [0.05, 0.1) is 10.9 Å². The zero-order chi connectivity index (χ0) is 21.6. The summed E-state index contributed by atoms with van der Waals surface area (Å²) in [6.07, 6.45) is 10.9. The molecule has 164 valence electrons. The minimum atomic E-state index is -3.49. The van der Waals surface area contributed by atoms with Gasteiger partial charge >= 0.3 is 0 Å². The van der Waals surface area contributed by atoms with E-state index >= 15 is 0 Å². The summed E-state index contributed by atoms with van der Waals surface area (Å²) in [4.78, 5) is 0.425. The third-order valence-corrected chi connectivity index (χ3v) is 9.41. The van der Waals surface area contributed by atoms with Gasteiger partial charge in [0.25, 0.3) is 0 Å². The van der Waals surface area contributed by atoms with Crippen LogP contribution in [0.3, 0.4) is 0 Å². The summed E-state index contributed by atoms with van der Waals surface area (Å²) in [5, 5.41) is 3.73. The van der Waals surface area contributed by atoms with Gasteiger partial charge in [0, 0.05) is 24.7 Å². The van der Waals surface area contributed by atoms with Gasteiger partial charge in [-0.25, -0.2) is 8.42 Å². The fourth-order valence-corrected chi connectivity index (χ4v) is 7.19. The Morgan fingerprint density at radius 2 is 1.84 bits per heavy atom. The number of rotatable bonds is 4. The van der Waals surface area contributed by atoms with Crippen LogP contribution in [0.4, 0.5) is 5.69 Å². The van der Waals surface area contributed by atoms with Crippen LogP contribution in [-0.2, 0) is 10.0 Å². The highest BCUT2D eigenvalue weighted by atomic mass is 32.2. The van der Waals surface area contributed by atoms with Crippen molar-refractivity contribution in [3.05, 3.63) is 71.3 Å². The molecular formula is C26H32N2O2S. The Balaban J connectivity index is 1.48. The quantitative estimate of drug-likeness (QED) is 0.619. The molecule has 1 saturated carbocycles. The number of hydrogen-bond donors (Lipinski definition) is 1. The molecule has 0 spiro atoms. The number of hydrogen-bond acceptors (Lipinski definition) is 3. The molecule has 5 heteroatoms. The standard InChI is InChI=1S/C26H32N2O2S/c1-18-8-6-9-19(16-18)26-23-13-7-12-22(23)24-17-21(14-15-25(24)27-26)31(29,30)28(2)20-10-4-3-5-11-20/h6-9,12,14-17,20,22-23,26-27H,3-5,10-11,13H2,1-2H3. The number of nitrogens with one attached hydrogen (secondary N) is 1. The number of nitrogens with zero attached hydrogens (tertiary/aromatic N) is 1. The second-order valence-corrected chi connectivity index (χ2v) is 11.4. The molecule has 3 atom stereocenters. The van der Waals surface area contributed by atoms with E-state index in [9.17, 15) is 8.42 Å². The van der Waals surface area contributed by atoms with Gasteiger partial charge < -0.3 is 5.32 Å². The van der Waals surface area contributed by atoms with Gasteiger partial charge in [-0.05, 0) is 61.4 Å². The van der Waals surface area contributed by atoms with E-state index in [4.69, 9.17) is 0 Å². The summed E-state index contributed by atoms with van der Waals surface area (Å²) in [6.45, 7) is 2.13. The van der Waals surface area contributed by atoms with Crippen LogP contribution in [0.15, 0.2) is 59.5 Å². The third-order valence-electron chi connectivity index (χ3n) is 7.50. The zero-order valence-electron chi connectivity index (χ0n) is 18.4. The molecular weight excluding hydrogens is 404 g/mol. The van der Waals surface area contributed by atoms with Crippen LogP contribution in [0.2, 0.25) is 0 Å². The molecule has 0 radical (unpaired) electrons. The van der Waals surface area contributed by atoms with Crippen molar-refractivity contribution in [1.29, 1.82) is 0 Å². The molecule has 1 fully saturated rings. The second kappa shape index (κ2) is 8.10. The largest absolute Gasteiger partial charge is 0.378 e. The second-order valence-electron chi connectivity index (χ2n) is 9.45. The van der Waals surface area contributed by atoms with Crippen LogP contribution >= 0.6 is 0 Å². The maximum atomic E-state index is 13.4. The van der Waals surface area contributed by atoms with Crippen LogP contribution in [0.5, 0.6) is 0 Å². The first-order valence-electron chi connectivity index (χ1n) is 11.6. The number of aryl methyl sites for hydroxylation is 1. The SMILES string of the molecule is Cc1cccc(C2Nc3ccc(S(=O)(=O)N(C)C4CCCCC4)cc3C3C=CCC32)c1. The van der Waals surface area contributed by atoms with Gasteiger partial charge in [-0.1, -0.05) is 61.2 Å². The summed E-state index contributed by atoms with van der Waals surface area (Å²) in [7, 11) is -1.73. The molecule has 0 saturated heterocycles. The highest BCUT2D eigenvalue weighted by molar-refractivity contribution is 7.89. The normalized spacial score (nSPS) is 25.8. The highest BCUT2D eigenvalue weighted by Gasteiger charge is 2.39. The van der Waals surface area contributed by atoms with Crippen molar-refractivity contribution >= 4 is 15.7 Å². The molecule has 2 aliphatic carbocycles. The molecule has 4 nitrogen and oxygen atoms in total. The average molecular weight is 437 g/mol. The van der Waals surface area contributed by atoms with Crippen LogP contribution < -0.4 is 5.32 Å².